The number of aliphatic imine (C=N–C) groups is 1. The van der Waals surface area contributed by atoms with Crippen molar-refractivity contribution < 1.29 is 24.3 Å². The average molecular weight is 395 g/mol. The monoisotopic (exact) mass is 395 g/mol. The summed E-state index contributed by atoms with van der Waals surface area (Å²) >= 11 is 0. The van der Waals surface area contributed by atoms with Gasteiger partial charge in [-0.15, -0.1) is 0 Å². The first-order valence-electron chi connectivity index (χ1n) is 9.04. The Morgan fingerprint density at radius 1 is 0.897 bits per heavy atom. The summed E-state index contributed by atoms with van der Waals surface area (Å²) in [5.41, 5.74) is 2.34. The molecule has 0 saturated heterocycles. The maximum atomic E-state index is 12.5. The zero-order chi connectivity index (χ0) is 21.0. The molecule has 3 rings (SSSR count). The van der Waals surface area contributed by atoms with Crippen LogP contribution in [-0.4, -0.2) is 45.9 Å². The quantitative estimate of drug-likeness (QED) is 0.442. The number of anilines is 2. The number of nitrogens with one attached hydrogen (secondary N) is 2. The molecule has 2 aromatic carbocycles. The zero-order valence-electron chi connectivity index (χ0n) is 16.2. The number of quaternary nitrogens is 1. The highest BCUT2D eigenvalue weighted by molar-refractivity contribution is 5.96. The van der Waals surface area contributed by atoms with Crippen molar-refractivity contribution in [3.05, 3.63) is 59.9 Å². The van der Waals surface area contributed by atoms with E-state index in [0.29, 0.717) is 11.4 Å². The van der Waals surface area contributed by atoms with Crippen LogP contribution in [0.5, 0.6) is 11.5 Å². The van der Waals surface area contributed by atoms with Gasteiger partial charge in [0.15, 0.2) is 19.3 Å². The van der Waals surface area contributed by atoms with E-state index >= 15 is 0 Å². The number of carbonyl (C=O) groups excluding carboxylic acids is 2. The molecule has 8 nitrogen and oxygen atoms in total. The Morgan fingerprint density at radius 3 is 1.76 bits per heavy atom. The number of nitrogens with zero attached hydrogens (tertiary/aromatic N) is 2. The van der Waals surface area contributed by atoms with E-state index in [1.807, 2.05) is 13.8 Å². The van der Waals surface area contributed by atoms with Crippen LogP contribution in [-0.2, 0) is 9.59 Å². The van der Waals surface area contributed by atoms with Gasteiger partial charge in [-0.05, 0) is 49.2 Å². The van der Waals surface area contributed by atoms with Gasteiger partial charge in [0, 0.05) is 0 Å². The van der Waals surface area contributed by atoms with Crippen molar-refractivity contribution in [2.75, 3.05) is 23.7 Å². The van der Waals surface area contributed by atoms with E-state index in [1.165, 1.54) is 12.5 Å². The van der Waals surface area contributed by atoms with Gasteiger partial charge in [-0.2, -0.15) is 4.48 Å². The highest BCUT2D eigenvalue weighted by atomic mass is 16.3. The number of aromatic hydroxyl groups is 2. The molecule has 2 aromatic rings. The molecule has 0 atom stereocenters. The van der Waals surface area contributed by atoms with Crippen LogP contribution in [0.1, 0.15) is 11.1 Å². The molecule has 0 fully saturated rings. The second kappa shape index (κ2) is 8.15. The van der Waals surface area contributed by atoms with E-state index in [0.717, 1.165) is 11.1 Å². The highest BCUT2D eigenvalue weighted by Gasteiger charge is 2.38. The van der Waals surface area contributed by atoms with Gasteiger partial charge in [0.1, 0.15) is 16.5 Å². The van der Waals surface area contributed by atoms with Gasteiger partial charge in [-0.3, -0.25) is 9.59 Å². The molecule has 2 amide bonds. The van der Waals surface area contributed by atoms with Gasteiger partial charge in [0.25, 0.3) is 11.8 Å². The van der Waals surface area contributed by atoms with Gasteiger partial charge in [0.05, 0.1) is 11.4 Å². The summed E-state index contributed by atoms with van der Waals surface area (Å²) in [6.45, 7) is 3.50. The molecule has 1 aliphatic heterocycles. The van der Waals surface area contributed by atoms with Crippen molar-refractivity contribution in [3.8, 4) is 11.5 Å². The molecule has 149 valence electrons. The number of rotatable bonds is 6. The van der Waals surface area contributed by atoms with Crippen LogP contribution < -0.4 is 15.6 Å². The largest absolute Gasteiger partial charge is 0.506 e. The second-order valence-corrected chi connectivity index (χ2v) is 7.12. The maximum Gasteiger partial charge on any atom is 0.404 e. The molecule has 0 unspecified atom stereocenters. The lowest BCUT2D eigenvalue weighted by molar-refractivity contribution is -0.760. The number of hydrogen-bond acceptors (Lipinski definition) is 5. The van der Waals surface area contributed by atoms with Gasteiger partial charge < -0.3 is 20.8 Å². The minimum Gasteiger partial charge on any atom is -0.506 e. The molecule has 0 aromatic heterocycles. The summed E-state index contributed by atoms with van der Waals surface area (Å²) in [5.74, 6) is -0.812. The van der Waals surface area contributed by atoms with Crippen LogP contribution in [0.3, 0.4) is 0 Å². The molecule has 0 bridgehead atoms. The first kappa shape index (κ1) is 20.1. The van der Waals surface area contributed by atoms with Crippen LogP contribution >= 0.6 is 0 Å². The summed E-state index contributed by atoms with van der Waals surface area (Å²) in [4.78, 5) is 29.1. The highest BCUT2D eigenvalue weighted by Crippen LogP contribution is 2.25. The third-order valence-corrected chi connectivity index (χ3v) is 4.48. The van der Waals surface area contributed by atoms with E-state index in [2.05, 4.69) is 15.6 Å². The van der Waals surface area contributed by atoms with Gasteiger partial charge in [-0.1, -0.05) is 12.1 Å². The third kappa shape index (κ3) is 4.99. The lowest BCUT2D eigenvalue weighted by Gasteiger charge is -2.22. The molecule has 4 N–H and O–H groups in total. The number of benzene rings is 2. The van der Waals surface area contributed by atoms with Crippen LogP contribution in [0, 0.1) is 13.8 Å². The molecular weight excluding hydrogens is 372 g/mol. The molecular formula is C21H23N4O4+2. The third-order valence-electron chi connectivity index (χ3n) is 4.48. The van der Waals surface area contributed by atoms with Crippen LogP contribution in [0.4, 0.5) is 11.4 Å². The summed E-state index contributed by atoms with van der Waals surface area (Å²) < 4.78 is -0.114. The van der Waals surface area contributed by atoms with Crippen LogP contribution in [0.15, 0.2) is 48.8 Å². The number of carbonyl (C=O) groups is 2. The molecule has 0 aliphatic carbocycles. The van der Waals surface area contributed by atoms with E-state index in [4.69, 9.17) is 0 Å². The predicted octanol–water partition coefficient (Wildman–Crippen LogP) is 1.96. The molecule has 0 spiro atoms. The van der Waals surface area contributed by atoms with Crippen molar-refractivity contribution in [2.24, 2.45) is 0 Å². The van der Waals surface area contributed by atoms with Crippen molar-refractivity contribution in [1.82, 2.24) is 4.99 Å². The smallest absolute Gasteiger partial charge is 0.404 e. The molecule has 29 heavy (non-hydrogen) atoms. The minimum absolute atomic E-state index is 0.0249. The van der Waals surface area contributed by atoms with E-state index in [-0.39, 0.29) is 40.9 Å². The van der Waals surface area contributed by atoms with E-state index < -0.39 is 0 Å². The van der Waals surface area contributed by atoms with Crippen molar-refractivity contribution in [2.45, 2.75) is 13.8 Å². The van der Waals surface area contributed by atoms with E-state index in [1.54, 1.807) is 42.6 Å². The predicted molar refractivity (Wildman–Crippen MR) is 110 cm³/mol. The number of aryl methyl sites for hydroxylation is 2. The van der Waals surface area contributed by atoms with Crippen LogP contribution in [0.25, 0.3) is 0 Å². The van der Waals surface area contributed by atoms with Crippen molar-refractivity contribution in [1.29, 1.82) is 0 Å². The number of phenolic OH excluding ortho intramolecular Hbond substituents is 2. The standard InChI is InChI=1S/C21H22N4O4/c1-14-3-5-16(18(26)9-14)23-20(28)11-25(8-7-22-13-25)12-21(29)24-17-6-4-15(2)10-19(17)27/h3-10,13H,11-12H2,1-2H3,(H3-,23,24,26,27,28,29)/q+1/p+1. The Hall–Kier alpha value is -3.65. The number of amides is 2. The number of hydrogen-bond donors (Lipinski definition) is 4. The first-order valence-corrected chi connectivity index (χ1v) is 9.04. The van der Waals surface area contributed by atoms with Crippen molar-refractivity contribution >= 4 is 29.5 Å². The fraction of sp³-hybridized carbons (Fsp3) is 0.190. The Labute approximate surface area is 168 Å². The molecule has 1 heterocycles. The molecule has 1 radical (unpaired) electrons. The zero-order valence-corrected chi connectivity index (χ0v) is 16.2. The molecule has 0 saturated carbocycles. The lowest BCUT2D eigenvalue weighted by Crippen LogP contribution is -2.50. The van der Waals surface area contributed by atoms with Gasteiger partial charge in [0.2, 0.25) is 0 Å². The summed E-state index contributed by atoms with van der Waals surface area (Å²) in [7, 11) is 0. The normalized spacial score (nSPS) is 14.0. The fourth-order valence-electron chi connectivity index (χ4n) is 3.03. The first-order chi connectivity index (χ1) is 13.8. The van der Waals surface area contributed by atoms with Crippen molar-refractivity contribution in [3.63, 3.8) is 0 Å². The Balaban J connectivity index is 1.68. The number of phenols is 2. The van der Waals surface area contributed by atoms with Crippen LogP contribution in [0.2, 0.25) is 0 Å². The lowest BCUT2D eigenvalue weighted by atomic mass is 10.2. The van der Waals surface area contributed by atoms with Gasteiger partial charge >= 0.3 is 12.5 Å². The summed E-state index contributed by atoms with van der Waals surface area (Å²) in [6.07, 6.45) is 4.67. The summed E-state index contributed by atoms with van der Waals surface area (Å²) in [5, 5.41) is 25.3. The molecule has 8 heteroatoms. The molecule has 1 aliphatic rings. The average Bonchev–Trinajstić information content (AvgIpc) is 3.07. The SMILES string of the molecule is Cc1ccc(NC(=O)C[N+]2(CC(=O)Nc3ccc(C)cc3O)C=C[N+]=C2)c(O)c1. The van der Waals surface area contributed by atoms with Gasteiger partial charge in [-0.25, -0.2) is 0 Å². The Kier molecular flexibility index (Phi) is 5.65. The summed E-state index contributed by atoms with van der Waals surface area (Å²) in [6, 6.07) is 9.90. The Morgan fingerprint density at radius 2 is 1.38 bits per heavy atom. The Bertz CT molecular complexity index is 932. The fourth-order valence-corrected chi connectivity index (χ4v) is 3.03. The maximum absolute atomic E-state index is 12.5. The minimum atomic E-state index is -0.381. The second-order valence-electron chi connectivity index (χ2n) is 7.12. The van der Waals surface area contributed by atoms with E-state index in [9.17, 15) is 19.8 Å². The topological polar surface area (TPSA) is 113 Å².